The monoisotopic (exact) mass is 387 g/mol. The molecule has 2 atom stereocenters. The molecule has 1 fully saturated rings. The lowest BCUT2D eigenvalue weighted by Gasteiger charge is -2.05. The molecule has 1 aliphatic carbocycles. The van der Waals surface area contributed by atoms with Crippen molar-refractivity contribution in [2.75, 3.05) is 0 Å². The average Bonchev–Trinajstić information content (AvgIpc) is 2.94. The van der Waals surface area contributed by atoms with Gasteiger partial charge in [0.05, 0.1) is 5.92 Å². The summed E-state index contributed by atoms with van der Waals surface area (Å²) in [5.41, 5.74) is 1.30. The Morgan fingerprint density at radius 3 is 2.44 bits per heavy atom. The highest BCUT2D eigenvalue weighted by atomic mass is 32.2. The van der Waals surface area contributed by atoms with Crippen LogP contribution in [0, 0.1) is 11.2 Å². The van der Waals surface area contributed by atoms with Crippen LogP contribution in [0.4, 0.5) is 4.39 Å². The third kappa shape index (κ3) is 3.04. The van der Waals surface area contributed by atoms with Crippen molar-refractivity contribution >= 4 is 10.0 Å². The SMILES string of the molecule is CC1(C)C(c2ccc(S(N)(=O)=O)c(F)c2)C1c1nc(-c2ccccc2)no1. The van der Waals surface area contributed by atoms with Crippen LogP contribution in [0.15, 0.2) is 57.9 Å². The molecule has 3 aromatic rings. The first-order valence-corrected chi connectivity index (χ1v) is 9.95. The number of benzene rings is 2. The largest absolute Gasteiger partial charge is 0.339 e. The minimum Gasteiger partial charge on any atom is -0.339 e. The van der Waals surface area contributed by atoms with Crippen molar-refractivity contribution in [3.63, 3.8) is 0 Å². The van der Waals surface area contributed by atoms with Crippen LogP contribution in [0.2, 0.25) is 0 Å². The molecule has 6 nitrogen and oxygen atoms in total. The Bertz CT molecular complexity index is 1110. The summed E-state index contributed by atoms with van der Waals surface area (Å²) in [4.78, 5) is 4.00. The molecule has 0 saturated heterocycles. The van der Waals surface area contributed by atoms with Crippen LogP contribution in [0.25, 0.3) is 11.4 Å². The molecule has 8 heteroatoms. The van der Waals surface area contributed by atoms with E-state index in [4.69, 9.17) is 9.66 Å². The number of rotatable bonds is 4. The summed E-state index contributed by atoms with van der Waals surface area (Å²) in [5, 5.41) is 9.08. The Morgan fingerprint density at radius 2 is 1.81 bits per heavy atom. The second kappa shape index (κ2) is 5.97. The quantitative estimate of drug-likeness (QED) is 0.739. The molecule has 140 valence electrons. The second-order valence-corrected chi connectivity index (χ2v) is 8.86. The van der Waals surface area contributed by atoms with Crippen LogP contribution < -0.4 is 5.14 Å². The maximum absolute atomic E-state index is 14.2. The van der Waals surface area contributed by atoms with Crippen LogP contribution >= 0.6 is 0 Å². The standard InChI is InChI=1S/C19H18FN3O3S/c1-19(2)15(12-8-9-14(13(20)10-12)27(21,24)25)16(19)18-22-17(23-26-18)11-6-4-3-5-7-11/h3-10,15-16H,1-2H3,(H2,21,24,25). The normalized spacial score (nSPS) is 21.2. The lowest BCUT2D eigenvalue weighted by atomic mass is 10.0. The maximum atomic E-state index is 14.2. The number of primary sulfonamides is 1. The van der Waals surface area contributed by atoms with Gasteiger partial charge in [0.2, 0.25) is 21.7 Å². The summed E-state index contributed by atoms with van der Waals surface area (Å²) in [5.74, 6) is -0.0117. The molecule has 27 heavy (non-hydrogen) atoms. The number of aromatic nitrogens is 2. The molecule has 2 unspecified atom stereocenters. The number of sulfonamides is 1. The van der Waals surface area contributed by atoms with E-state index in [1.165, 1.54) is 12.1 Å². The van der Waals surface area contributed by atoms with Gasteiger partial charge in [-0.05, 0) is 23.1 Å². The minimum atomic E-state index is -4.09. The number of nitrogens with two attached hydrogens (primary N) is 1. The van der Waals surface area contributed by atoms with Gasteiger partial charge in [0.25, 0.3) is 0 Å². The third-order valence-corrected chi connectivity index (χ3v) is 6.13. The van der Waals surface area contributed by atoms with Gasteiger partial charge in [0, 0.05) is 11.5 Å². The van der Waals surface area contributed by atoms with Crippen molar-refractivity contribution in [3.8, 4) is 11.4 Å². The smallest absolute Gasteiger partial charge is 0.240 e. The molecule has 0 radical (unpaired) electrons. The van der Waals surface area contributed by atoms with Crippen molar-refractivity contribution in [3.05, 3.63) is 65.8 Å². The molecule has 0 bridgehead atoms. The summed E-state index contributed by atoms with van der Waals surface area (Å²) < 4.78 is 42.5. The zero-order valence-electron chi connectivity index (χ0n) is 14.8. The molecule has 1 aromatic heterocycles. The number of hydrogen-bond donors (Lipinski definition) is 1. The molecule has 2 aromatic carbocycles. The molecule has 4 rings (SSSR count). The number of hydrogen-bond acceptors (Lipinski definition) is 5. The first-order chi connectivity index (χ1) is 12.7. The Morgan fingerprint density at radius 1 is 1.11 bits per heavy atom. The molecule has 2 N–H and O–H groups in total. The molecule has 1 saturated carbocycles. The highest BCUT2D eigenvalue weighted by molar-refractivity contribution is 7.89. The summed E-state index contributed by atoms with van der Waals surface area (Å²) in [7, 11) is -4.09. The fraction of sp³-hybridized carbons (Fsp3) is 0.263. The molecule has 0 spiro atoms. The predicted octanol–water partition coefficient (Wildman–Crippen LogP) is 3.43. The van der Waals surface area contributed by atoms with Crippen LogP contribution in [-0.4, -0.2) is 18.6 Å². The molecular formula is C19H18FN3O3S. The van der Waals surface area contributed by atoms with E-state index in [2.05, 4.69) is 10.1 Å². The maximum Gasteiger partial charge on any atom is 0.240 e. The van der Waals surface area contributed by atoms with Crippen LogP contribution in [0.1, 0.15) is 37.1 Å². The molecule has 1 heterocycles. The van der Waals surface area contributed by atoms with E-state index in [-0.39, 0.29) is 17.3 Å². The van der Waals surface area contributed by atoms with Gasteiger partial charge in [0.15, 0.2) is 0 Å². The van der Waals surface area contributed by atoms with Gasteiger partial charge in [-0.1, -0.05) is 55.4 Å². The van der Waals surface area contributed by atoms with E-state index in [0.717, 1.165) is 5.56 Å². The summed E-state index contributed by atoms with van der Waals surface area (Å²) in [6, 6.07) is 13.5. The average molecular weight is 387 g/mol. The van der Waals surface area contributed by atoms with Gasteiger partial charge in [-0.25, -0.2) is 17.9 Å². The van der Waals surface area contributed by atoms with Gasteiger partial charge >= 0.3 is 0 Å². The van der Waals surface area contributed by atoms with Crippen molar-refractivity contribution in [2.24, 2.45) is 10.6 Å². The zero-order valence-corrected chi connectivity index (χ0v) is 15.6. The predicted molar refractivity (Wildman–Crippen MR) is 96.8 cm³/mol. The highest BCUT2D eigenvalue weighted by Gasteiger charge is 2.62. The number of nitrogens with zero attached hydrogens (tertiary/aromatic N) is 2. The fourth-order valence-electron chi connectivity index (χ4n) is 3.73. The van der Waals surface area contributed by atoms with Gasteiger partial charge in [-0.3, -0.25) is 0 Å². The van der Waals surface area contributed by atoms with E-state index >= 15 is 0 Å². The topological polar surface area (TPSA) is 99.1 Å². The number of halogens is 1. The minimum absolute atomic E-state index is 0.0643. The highest BCUT2D eigenvalue weighted by Crippen LogP contribution is 2.69. The Balaban J connectivity index is 1.65. The van der Waals surface area contributed by atoms with Gasteiger partial charge in [0.1, 0.15) is 10.7 Å². The van der Waals surface area contributed by atoms with E-state index < -0.39 is 20.7 Å². The van der Waals surface area contributed by atoms with Crippen molar-refractivity contribution in [1.82, 2.24) is 10.1 Å². The Hall–Kier alpha value is -2.58. The van der Waals surface area contributed by atoms with Crippen molar-refractivity contribution in [2.45, 2.75) is 30.6 Å². The molecular weight excluding hydrogens is 369 g/mol. The first-order valence-electron chi connectivity index (χ1n) is 8.41. The van der Waals surface area contributed by atoms with E-state index in [0.29, 0.717) is 17.3 Å². The Kier molecular flexibility index (Phi) is 3.94. The van der Waals surface area contributed by atoms with Gasteiger partial charge in [-0.15, -0.1) is 0 Å². The second-order valence-electron chi connectivity index (χ2n) is 7.33. The van der Waals surface area contributed by atoms with Crippen LogP contribution in [-0.2, 0) is 10.0 Å². The van der Waals surface area contributed by atoms with Crippen LogP contribution in [0.3, 0.4) is 0 Å². The van der Waals surface area contributed by atoms with Gasteiger partial charge in [-0.2, -0.15) is 4.98 Å². The van der Waals surface area contributed by atoms with Crippen molar-refractivity contribution < 1.29 is 17.3 Å². The fourth-order valence-corrected chi connectivity index (χ4v) is 4.32. The summed E-state index contributed by atoms with van der Waals surface area (Å²) in [6.07, 6.45) is 0. The van der Waals surface area contributed by atoms with E-state index in [1.807, 2.05) is 44.2 Å². The summed E-state index contributed by atoms with van der Waals surface area (Å²) in [6.45, 7) is 4.06. The first kappa shape index (κ1) is 17.8. The lowest BCUT2D eigenvalue weighted by Crippen LogP contribution is -2.14. The lowest BCUT2D eigenvalue weighted by molar-refractivity contribution is 0.368. The van der Waals surface area contributed by atoms with Gasteiger partial charge < -0.3 is 4.52 Å². The molecule has 0 amide bonds. The summed E-state index contributed by atoms with van der Waals surface area (Å²) >= 11 is 0. The zero-order chi connectivity index (χ0) is 19.4. The van der Waals surface area contributed by atoms with E-state index in [9.17, 15) is 12.8 Å². The Labute approximate surface area is 156 Å². The third-order valence-electron chi connectivity index (χ3n) is 5.19. The molecule has 0 aliphatic heterocycles. The van der Waals surface area contributed by atoms with Crippen LogP contribution in [0.5, 0.6) is 0 Å². The molecule has 1 aliphatic rings. The van der Waals surface area contributed by atoms with Crippen molar-refractivity contribution in [1.29, 1.82) is 0 Å². The van der Waals surface area contributed by atoms with E-state index in [1.54, 1.807) is 6.07 Å².